The van der Waals surface area contributed by atoms with Gasteiger partial charge in [0.1, 0.15) is 18.5 Å². The van der Waals surface area contributed by atoms with Crippen LogP contribution in [0.3, 0.4) is 0 Å². The third-order valence-electron chi connectivity index (χ3n) is 3.25. The number of ether oxygens (including phenoxy) is 2. The summed E-state index contributed by atoms with van der Waals surface area (Å²) in [6.45, 7) is 7.08. The van der Waals surface area contributed by atoms with E-state index in [4.69, 9.17) is 14.7 Å². The first-order chi connectivity index (χ1) is 12.5. The van der Waals surface area contributed by atoms with Gasteiger partial charge in [-0.1, -0.05) is 6.58 Å². The van der Waals surface area contributed by atoms with Gasteiger partial charge in [0.25, 0.3) is 0 Å². The molecular formula is C20H19N3O3. The van der Waals surface area contributed by atoms with Crippen LogP contribution in [0.5, 0.6) is 5.75 Å². The molecule has 0 aliphatic carbocycles. The Balaban J connectivity index is 1.89. The van der Waals surface area contributed by atoms with Crippen molar-refractivity contribution in [3.05, 3.63) is 66.2 Å². The van der Waals surface area contributed by atoms with Crippen molar-refractivity contribution in [1.29, 1.82) is 5.26 Å². The molecule has 2 aromatic carbocycles. The van der Waals surface area contributed by atoms with Crippen LogP contribution in [0, 0.1) is 11.3 Å². The highest BCUT2D eigenvalue weighted by Crippen LogP contribution is 2.22. The number of hydrogen-bond acceptors (Lipinski definition) is 6. The number of benzene rings is 2. The minimum Gasteiger partial charge on any atom is -0.487 e. The highest BCUT2D eigenvalue weighted by Gasteiger charge is 2.09. The molecule has 0 heterocycles. The molecule has 2 rings (SSSR count). The van der Waals surface area contributed by atoms with Gasteiger partial charge in [-0.25, -0.2) is 4.79 Å². The van der Waals surface area contributed by atoms with E-state index in [-0.39, 0.29) is 12.7 Å². The Morgan fingerprint density at radius 2 is 1.65 bits per heavy atom. The molecule has 0 saturated heterocycles. The van der Waals surface area contributed by atoms with E-state index in [1.807, 2.05) is 6.92 Å². The fraction of sp³-hybridized carbons (Fsp3) is 0.200. The number of carbonyl (C=O) groups excluding carboxylic acids is 1. The minimum atomic E-state index is -0.431. The topological polar surface area (TPSA) is 84.0 Å². The van der Waals surface area contributed by atoms with Gasteiger partial charge in [0.2, 0.25) is 0 Å². The van der Waals surface area contributed by atoms with Gasteiger partial charge in [0.05, 0.1) is 23.0 Å². The highest BCUT2D eigenvalue weighted by atomic mass is 16.6. The molecule has 26 heavy (non-hydrogen) atoms. The van der Waals surface area contributed by atoms with Crippen LogP contribution in [0.15, 0.2) is 70.9 Å². The Kier molecular flexibility index (Phi) is 6.63. The van der Waals surface area contributed by atoms with Gasteiger partial charge in [0.15, 0.2) is 0 Å². The van der Waals surface area contributed by atoms with Crippen molar-refractivity contribution in [2.75, 3.05) is 6.61 Å². The summed E-state index contributed by atoms with van der Waals surface area (Å²) in [5, 5.41) is 17.0. The van der Waals surface area contributed by atoms with Gasteiger partial charge in [-0.2, -0.15) is 15.5 Å². The molecule has 1 unspecified atom stereocenters. The third-order valence-corrected chi connectivity index (χ3v) is 3.25. The molecule has 6 heteroatoms. The number of carbonyl (C=O) groups is 1. The number of nitrogens with zero attached hydrogens (tertiary/aromatic N) is 3. The zero-order chi connectivity index (χ0) is 18.9. The van der Waals surface area contributed by atoms with Crippen molar-refractivity contribution in [1.82, 2.24) is 0 Å². The van der Waals surface area contributed by atoms with Crippen molar-refractivity contribution >= 4 is 17.3 Å². The van der Waals surface area contributed by atoms with Gasteiger partial charge < -0.3 is 9.47 Å². The number of rotatable bonds is 7. The molecule has 0 fully saturated rings. The molecule has 0 bridgehead atoms. The Hall–Kier alpha value is -3.46. The minimum absolute atomic E-state index is 0.145. The van der Waals surface area contributed by atoms with E-state index >= 15 is 0 Å². The van der Waals surface area contributed by atoms with Crippen molar-refractivity contribution in [3.63, 3.8) is 0 Å². The lowest BCUT2D eigenvalue weighted by molar-refractivity contribution is -0.141. The summed E-state index contributed by atoms with van der Waals surface area (Å²) in [6, 6.07) is 16.0. The Morgan fingerprint density at radius 3 is 2.15 bits per heavy atom. The van der Waals surface area contributed by atoms with Crippen LogP contribution in [0.4, 0.5) is 11.4 Å². The van der Waals surface area contributed by atoms with Crippen LogP contribution in [0.1, 0.15) is 19.4 Å². The third kappa shape index (κ3) is 5.87. The number of hydrogen-bond donors (Lipinski definition) is 0. The molecule has 0 spiro atoms. The van der Waals surface area contributed by atoms with Gasteiger partial charge in [-0.3, -0.25) is 0 Å². The summed E-state index contributed by atoms with van der Waals surface area (Å²) < 4.78 is 10.7. The molecule has 132 valence electrons. The SMILES string of the molecule is C=C(C)C(=O)OCC(C)Oc1ccc(N=Nc2ccc(C#N)cc2)cc1. The summed E-state index contributed by atoms with van der Waals surface area (Å²) in [5.41, 5.74) is 2.27. The maximum Gasteiger partial charge on any atom is 0.333 e. The van der Waals surface area contributed by atoms with Crippen LogP contribution in [0.25, 0.3) is 0 Å². The van der Waals surface area contributed by atoms with Crippen LogP contribution in [-0.4, -0.2) is 18.7 Å². The van der Waals surface area contributed by atoms with E-state index in [0.717, 1.165) is 0 Å². The van der Waals surface area contributed by atoms with E-state index < -0.39 is 5.97 Å². The maximum absolute atomic E-state index is 11.4. The van der Waals surface area contributed by atoms with Crippen molar-refractivity contribution in [3.8, 4) is 11.8 Å². The Bertz CT molecular complexity index is 834. The first kappa shape index (κ1) is 18.9. The predicted octanol–water partition coefficient (Wildman–Crippen LogP) is 4.86. The summed E-state index contributed by atoms with van der Waals surface area (Å²) in [4.78, 5) is 11.4. The van der Waals surface area contributed by atoms with E-state index in [9.17, 15) is 4.79 Å². The molecule has 1 atom stereocenters. The van der Waals surface area contributed by atoms with Gasteiger partial charge in [-0.05, 0) is 62.4 Å². The van der Waals surface area contributed by atoms with Gasteiger partial charge in [0, 0.05) is 5.57 Å². The lowest BCUT2D eigenvalue weighted by Gasteiger charge is -2.14. The first-order valence-electron chi connectivity index (χ1n) is 7.99. The molecule has 0 aromatic heterocycles. The molecular weight excluding hydrogens is 330 g/mol. The fourth-order valence-corrected chi connectivity index (χ4v) is 1.89. The Labute approximate surface area is 152 Å². The van der Waals surface area contributed by atoms with Crippen molar-refractivity contribution in [2.45, 2.75) is 20.0 Å². The van der Waals surface area contributed by atoms with Crippen LogP contribution < -0.4 is 4.74 Å². The summed E-state index contributed by atoms with van der Waals surface area (Å²) in [6.07, 6.45) is -0.288. The molecule has 6 nitrogen and oxygen atoms in total. The lowest BCUT2D eigenvalue weighted by Crippen LogP contribution is -2.21. The molecule has 0 saturated carbocycles. The molecule has 0 radical (unpaired) electrons. The zero-order valence-electron chi connectivity index (χ0n) is 14.7. The highest BCUT2D eigenvalue weighted by molar-refractivity contribution is 5.86. The largest absolute Gasteiger partial charge is 0.487 e. The smallest absolute Gasteiger partial charge is 0.333 e. The monoisotopic (exact) mass is 349 g/mol. The van der Waals surface area contributed by atoms with E-state index in [0.29, 0.717) is 28.3 Å². The van der Waals surface area contributed by atoms with Crippen LogP contribution >= 0.6 is 0 Å². The molecule has 0 amide bonds. The second-order valence-electron chi connectivity index (χ2n) is 5.66. The zero-order valence-corrected chi connectivity index (χ0v) is 14.7. The lowest BCUT2D eigenvalue weighted by atomic mass is 10.2. The average Bonchev–Trinajstić information content (AvgIpc) is 2.65. The van der Waals surface area contributed by atoms with Crippen LogP contribution in [0.2, 0.25) is 0 Å². The quantitative estimate of drug-likeness (QED) is 0.406. The fourth-order valence-electron chi connectivity index (χ4n) is 1.89. The van der Waals surface area contributed by atoms with E-state index in [1.54, 1.807) is 55.5 Å². The number of nitriles is 1. The standard InChI is InChI=1S/C20H19N3O3/c1-14(2)20(24)25-13-15(3)26-19-10-8-18(9-11-19)23-22-17-6-4-16(12-21)5-7-17/h4-11,15H,1,13H2,2-3H3. The second-order valence-corrected chi connectivity index (χ2v) is 5.66. The predicted molar refractivity (Wildman–Crippen MR) is 97.6 cm³/mol. The maximum atomic E-state index is 11.4. The summed E-state index contributed by atoms with van der Waals surface area (Å²) in [7, 11) is 0. The summed E-state index contributed by atoms with van der Waals surface area (Å²) in [5.74, 6) is 0.209. The van der Waals surface area contributed by atoms with E-state index in [2.05, 4.69) is 22.9 Å². The average molecular weight is 349 g/mol. The molecule has 0 aliphatic heterocycles. The van der Waals surface area contributed by atoms with Gasteiger partial charge in [-0.15, -0.1) is 0 Å². The van der Waals surface area contributed by atoms with Gasteiger partial charge >= 0.3 is 5.97 Å². The van der Waals surface area contributed by atoms with Crippen molar-refractivity contribution in [2.24, 2.45) is 10.2 Å². The van der Waals surface area contributed by atoms with Crippen LogP contribution in [-0.2, 0) is 9.53 Å². The summed E-state index contributed by atoms with van der Waals surface area (Å²) >= 11 is 0. The van der Waals surface area contributed by atoms with E-state index in [1.165, 1.54) is 0 Å². The molecule has 0 aliphatic rings. The molecule has 0 N–H and O–H groups in total. The first-order valence-corrected chi connectivity index (χ1v) is 7.99. The molecule has 2 aromatic rings. The number of esters is 1. The number of azo groups is 1. The Morgan fingerprint density at radius 1 is 1.12 bits per heavy atom. The van der Waals surface area contributed by atoms with Crippen molar-refractivity contribution < 1.29 is 14.3 Å². The second kappa shape index (κ2) is 9.14. The normalized spacial score (nSPS) is 11.6.